The van der Waals surface area contributed by atoms with Gasteiger partial charge in [-0.3, -0.25) is 14.5 Å². The molecule has 0 saturated carbocycles. The molecule has 1 fully saturated rings. The molecule has 3 heterocycles. The standard InChI is InChI=1S/C22H22F4N4O3/c1-12-8-14(22(24,25)26)10-17(27-12)30-18(32)9-13-11-29(6-7-31)20-15(23)4-3-5-16(20)28(2)21(33)19(13)30/h3-5,8,10,13,19,31H,6-7,9,11H2,1-2H3/t13-,19+/m1/s1. The highest BCUT2D eigenvalue weighted by molar-refractivity contribution is 6.10. The summed E-state index contributed by atoms with van der Waals surface area (Å²) >= 11 is 0. The molecule has 0 radical (unpaired) electrons. The Kier molecular flexibility index (Phi) is 5.77. The summed E-state index contributed by atoms with van der Waals surface area (Å²) in [4.78, 5) is 34.4. The van der Waals surface area contributed by atoms with Gasteiger partial charge >= 0.3 is 6.18 Å². The maximum atomic E-state index is 14.8. The average molecular weight is 466 g/mol. The topological polar surface area (TPSA) is 77.0 Å². The number of aryl methyl sites for hydroxylation is 1. The van der Waals surface area contributed by atoms with E-state index >= 15 is 0 Å². The van der Waals surface area contributed by atoms with Gasteiger partial charge in [-0.2, -0.15) is 13.2 Å². The van der Waals surface area contributed by atoms with Crippen molar-refractivity contribution in [3.05, 3.63) is 47.4 Å². The Morgan fingerprint density at radius 2 is 1.94 bits per heavy atom. The molecular weight excluding hydrogens is 444 g/mol. The lowest BCUT2D eigenvalue weighted by atomic mass is 9.95. The van der Waals surface area contributed by atoms with Crippen LogP contribution in [0.5, 0.6) is 0 Å². The zero-order valence-electron chi connectivity index (χ0n) is 17.9. The summed E-state index contributed by atoms with van der Waals surface area (Å²) in [6, 6.07) is 4.71. The minimum absolute atomic E-state index is 0.0499. The molecule has 2 amide bonds. The highest BCUT2D eigenvalue weighted by Gasteiger charge is 2.49. The lowest BCUT2D eigenvalue weighted by Gasteiger charge is -2.38. The van der Waals surface area contributed by atoms with E-state index in [2.05, 4.69) is 4.98 Å². The number of halogens is 4. The fourth-order valence-electron chi connectivity index (χ4n) is 4.59. The van der Waals surface area contributed by atoms with Crippen molar-refractivity contribution in [2.75, 3.05) is 41.4 Å². The lowest BCUT2D eigenvalue weighted by molar-refractivity contribution is -0.137. The molecule has 1 N–H and O–H groups in total. The Balaban J connectivity index is 1.83. The van der Waals surface area contributed by atoms with Gasteiger partial charge in [-0.1, -0.05) is 6.07 Å². The fourth-order valence-corrected chi connectivity index (χ4v) is 4.59. The third-order valence-corrected chi connectivity index (χ3v) is 6.00. The van der Waals surface area contributed by atoms with Gasteiger partial charge in [0.2, 0.25) is 11.8 Å². The van der Waals surface area contributed by atoms with Gasteiger partial charge in [0.1, 0.15) is 17.7 Å². The van der Waals surface area contributed by atoms with E-state index in [1.165, 1.54) is 37.1 Å². The first-order chi connectivity index (χ1) is 15.5. The van der Waals surface area contributed by atoms with Gasteiger partial charge in [0.25, 0.3) is 0 Å². The van der Waals surface area contributed by atoms with Crippen molar-refractivity contribution in [1.29, 1.82) is 0 Å². The third kappa shape index (κ3) is 4.01. The second-order valence-electron chi connectivity index (χ2n) is 8.20. The SMILES string of the molecule is Cc1cc(C(F)(F)F)cc(N2C(=O)C[C@@H]3CN(CCO)c4c(F)cccc4N(C)C(=O)[C@H]32)n1. The summed E-state index contributed by atoms with van der Waals surface area (Å²) in [6.45, 7) is 1.19. The Hall–Kier alpha value is -3.21. The predicted octanol–water partition coefficient (Wildman–Crippen LogP) is 2.74. The number of aromatic nitrogens is 1. The Morgan fingerprint density at radius 1 is 1.21 bits per heavy atom. The lowest BCUT2D eigenvalue weighted by Crippen LogP contribution is -2.52. The summed E-state index contributed by atoms with van der Waals surface area (Å²) < 4.78 is 54.9. The number of likely N-dealkylation sites (N-methyl/N-ethyl adjacent to an activating group) is 1. The number of carbonyl (C=O) groups is 2. The van der Waals surface area contributed by atoms with E-state index in [0.717, 1.165) is 17.0 Å². The maximum Gasteiger partial charge on any atom is 0.416 e. The van der Waals surface area contributed by atoms with Crippen LogP contribution in [0.4, 0.5) is 34.8 Å². The summed E-state index contributed by atoms with van der Waals surface area (Å²) in [7, 11) is 1.42. The molecule has 176 valence electrons. The van der Waals surface area contributed by atoms with E-state index in [0.29, 0.717) is 0 Å². The number of aliphatic hydroxyl groups is 1. The van der Waals surface area contributed by atoms with E-state index < -0.39 is 41.3 Å². The molecule has 2 aliphatic rings. The minimum atomic E-state index is -4.65. The van der Waals surface area contributed by atoms with E-state index in [-0.39, 0.29) is 49.0 Å². The summed E-state index contributed by atoms with van der Waals surface area (Å²) in [6.07, 6.45) is -4.78. The van der Waals surface area contributed by atoms with Crippen LogP contribution in [-0.2, 0) is 15.8 Å². The van der Waals surface area contributed by atoms with Crippen molar-refractivity contribution in [1.82, 2.24) is 4.98 Å². The number of rotatable bonds is 3. The van der Waals surface area contributed by atoms with Crippen LogP contribution in [0.2, 0.25) is 0 Å². The van der Waals surface area contributed by atoms with Crippen molar-refractivity contribution in [3.8, 4) is 0 Å². The van der Waals surface area contributed by atoms with Gasteiger partial charge in [0.05, 0.1) is 23.5 Å². The second kappa shape index (κ2) is 8.29. The number of fused-ring (bicyclic) bond motifs is 2. The van der Waals surface area contributed by atoms with Gasteiger partial charge in [0, 0.05) is 38.2 Å². The molecule has 11 heteroatoms. The molecule has 0 aliphatic carbocycles. The van der Waals surface area contributed by atoms with Crippen LogP contribution in [0, 0.1) is 18.7 Å². The molecule has 7 nitrogen and oxygen atoms in total. The number of para-hydroxylation sites is 1. The number of nitrogens with zero attached hydrogens (tertiary/aromatic N) is 4. The number of alkyl halides is 3. The molecule has 1 aromatic carbocycles. The van der Waals surface area contributed by atoms with Crippen LogP contribution in [0.1, 0.15) is 17.7 Å². The first-order valence-corrected chi connectivity index (χ1v) is 10.3. The van der Waals surface area contributed by atoms with Gasteiger partial charge in [-0.05, 0) is 31.2 Å². The van der Waals surface area contributed by atoms with Crippen molar-refractivity contribution in [3.63, 3.8) is 0 Å². The largest absolute Gasteiger partial charge is 0.416 e. The van der Waals surface area contributed by atoms with Crippen LogP contribution in [-0.4, -0.2) is 54.7 Å². The van der Waals surface area contributed by atoms with Crippen LogP contribution in [0.15, 0.2) is 30.3 Å². The molecule has 2 aliphatic heterocycles. The van der Waals surface area contributed by atoms with Crippen molar-refractivity contribution < 1.29 is 32.3 Å². The number of carbonyl (C=O) groups excluding carboxylic acids is 2. The minimum Gasteiger partial charge on any atom is -0.395 e. The van der Waals surface area contributed by atoms with E-state index in [4.69, 9.17) is 0 Å². The summed E-state index contributed by atoms with van der Waals surface area (Å²) in [5.41, 5.74) is -0.557. The molecule has 2 aromatic rings. The number of anilines is 3. The van der Waals surface area contributed by atoms with Crippen molar-refractivity contribution in [2.24, 2.45) is 5.92 Å². The fraction of sp³-hybridized carbons (Fsp3) is 0.409. The zero-order chi connectivity index (χ0) is 24.1. The summed E-state index contributed by atoms with van der Waals surface area (Å²) in [5, 5.41) is 9.54. The third-order valence-electron chi connectivity index (χ3n) is 6.00. The monoisotopic (exact) mass is 466 g/mol. The zero-order valence-corrected chi connectivity index (χ0v) is 17.9. The molecule has 1 saturated heterocycles. The van der Waals surface area contributed by atoms with E-state index in [1.54, 1.807) is 4.90 Å². The first kappa shape index (κ1) is 23.0. The Bertz CT molecular complexity index is 1110. The summed E-state index contributed by atoms with van der Waals surface area (Å²) in [5.74, 6) is -2.60. The van der Waals surface area contributed by atoms with Crippen LogP contribution >= 0.6 is 0 Å². The number of amides is 2. The van der Waals surface area contributed by atoms with Crippen LogP contribution in [0.3, 0.4) is 0 Å². The Morgan fingerprint density at radius 3 is 2.61 bits per heavy atom. The second-order valence-corrected chi connectivity index (χ2v) is 8.20. The number of aliphatic hydroxyl groups excluding tert-OH is 1. The normalized spacial score (nSPS) is 21.1. The number of β-amino-alcohol motifs (C(OH)–C–C–N with tert-alkyl or cyclic N) is 1. The highest BCUT2D eigenvalue weighted by Crippen LogP contribution is 2.41. The van der Waals surface area contributed by atoms with Gasteiger partial charge in [-0.15, -0.1) is 0 Å². The first-order valence-electron chi connectivity index (χ1n) is 10.3. The molecule has 0 unspecified atom stereocenters. The quantitative estimate of drug-likeness (QED) is 0.705. The number of benzene rings is 1. The smallest absolute Gasteiger partial charge is 0.395 e. The molecule has 0 spiro atoms. The highest BCUT2D eigenvalue weighted by atomic mass is 19.4. The van der Waals surface area contributed by atoms with E-state index in [1.807, 2.05) is 0 Å². The maximum absolute atomic E-state index is 14.8. The number of pyridine rings is 1. The van der Waals surface area contributed by atoms with Crippen molar-refractivity contribution >= 4 is 29.0 Å². The Labute approximate surface area is 187 Å². The van der Waals surface area contributed by atoms with Crippen LogP contribution < -0.4 is 14.7 Å². The average Bonchev–Trinajstić information content (AvgIpc) is 3.06. The van der Waals surface area contributed by atoms with Gasteiger partial charge in [-0.25, -0.2) is 9.37 Å². The molecule has 4 rings (SSSR count). The number of hydrogen-bond acceptors (Lipinski definition) is 5. The van der Waals surface area contributed by atoms with Gasteiger partial charge in [0.15, 0.2) is 0 Å². The molecule has 1 aromatic heterocycles. The van der Waals surface area contributed by atoms with Gasteiger partial charge < -0.3 is 14.9 Å². The molecule has 2 atom stereocenters. The molecular formula is C22H22F4N4O3. The number of hydrogen-bond donors (Lipinski definition) is 1. The van der Waals surface area contributed by atoms with Crippen LogP contribution in [0.25, 0.3) is 0 Å². The van der Waals surface area contributed by atoms with Crippen molar-refractivity contribution in [2.45, 2.75) is 25.6 Å². The predicted molar refractivity (Wildman–Crippen MR) is 112 cm³/mol. The molecule has 0 bridgehead atoms. The molecule has 33 heavy (non-hydrogen) atoms. The van der Waals surface area contributed by atoms with E-state index in [9.17, 15) is 32.3 Å².